The van der Waals surface area contributed by atoms with Crippen LogP contribution in [-0.2, 0) is 28.5 Å². The molecule has 1 heterocycles. The molecule has 6 nitrogen and oxygen atoms in total. The quantitative estimate of drug-likeness (QED) is 0.708. The smallest absolute Gasteiger partial charge is 0.316 e. The summed E-state index contributed by atoms with van der Waals surface area (Å²) < 4.78 is 24.1. The Morgan fingerprint density at radius 2 is 1.93 bits per heavy atom. The molecule has 0 N–H and O–H groups in total. The summed E-state index contributed by atoms with van der Waals surface area (Å²) in [5.41, 5.74) is -0.757. The lowest BCUT2D eigenvalue weighted by Gasteiger charge is -2.42. The van der Waals surface area contributed by atoms with E-state index >= 15 is 0 Å². The number of carbonyl (C=O) groups excluding carboxylic acids is 2. The van der Waals surface area contributed by atoms with E-state index in [0.717, 1.165) is 5.56 Å². The van der Waals surface area contributed by atoms with Crippen LogP contribution in [0.15, 0.2) is 30.3 Å². The molecule has 1 aliphatic heterocycles. The third-order valence-electron chi connectivity index (χ3n) is 7.56. The lowest BCUT2D eigenvalue weighted by molar-refractivity contribution is -0.178. The summed E-state index contributed by atoms with van der Waals surface area (Å²) in [6.07, 6.45) is 0.627. The van der Waals surface area contributed by atoms with E-state index in [1.807, 2.05) is 44.2 Å². The van der Waals surface area contributed by atoms with Crippen molar-refractivity contribution in [2.24, 2.45) is 23.2 Å². The lowest BCUT2D eigenvalue weighted by atomic mass is 9.66. The highest BCUT2D eigenvalue weighted by Gasteiger charge is 2.95. The van der Waals surface area contributed by atoms with Crippen LogP contribution in [0, 0.1) is 23.2 Å². The number of esters is 1. The molecule has 6 rings (SSSR count). The van der Waals surface area contributed by atoms with Gasteiger partial charge in [-0.25, -0.2) is 0 Å². The molecule has 5 fully saturated rings. The van der Waals surface area contributed by atoms with Crippen molar-refractivity contribution in [2.45, 2.75) is 57.2 Å². The van der Waals surface area contributed by atoms with Gasteiger partial charge in [-0.3, -0.25) is 9.59 Å². The standard InChI is InChI=1S/C23H28O6/c1-5-27-20(25)23-15(14-11-12-22(23,26-4)19(23)16(14)24)18-17(28-21(2,3)29-18)13-9-7-6-8-10-13/h6-10,14-15,17-19H,5,11-12H2,1-4H3/t14-,15-,17-,18-,19+,22+,23+/m0/s1. The number of rotatable bonds is 5. The number of Topliss-reactive ketones (excluding diaryl/α,β-unsaturated/α-hetero) is 1. The first-order valence-electron chi connectivity index (χ1n) is 10.5. The molecule has 156 valence electrons. The minimum absolute atomic E-state index is 0.122. The summed E-state index contributed by atoms with van der Waals surface area (Å²) >= 11 is 0. The van der Waals surface area contributed by atoms with Crippen LogP contribution in [0.4, 0.5) is 0 Å². The molecule has 1 aromatic rings. The van der Waals surface area contributed by atoms with Gasteiger partial charge in [0.25, 0.3) is 0 Å². The topological polar surface area (TPSA) is 71.1 Å². The fourth-order valence-corrected chi connectivity index (χ4v) is 6.72. The van der Waals surface area contributed by atoms with Crippen LogP contribution < -0.4 is 0 Å². The number of carbonyl (C=O) groups is 2. The number of benzene rings is 1. The maximum atomic E-state index is 13.3. The van der Waals surface area contributed by atoms with Gasteiger partial charge in [-0.2, -0.15) is 0 Å². The van der Waals surface area contributed by atoms with Gasteiger partial charge in [0.15, 0.2) is 5.79 Å². The lowest BCUT2D eigenvalue weighted by Crippen LogP contribution is -2.51. The molecular formula is C23H28O6. The van der Waals surface area contributed by atoms with Gasteiger partial charge in [0.1, 0.15) is 17.3 Å². The fraction of sp³-hybridized carbons (Fsp3) is 0.652. The maximum absolute atomic E-state index is 13.3. The average molecular weight is 400 g/mol. The summed E-state index contributed by atoms with van der Waals surface area (Å²) in [6.45, 7) is 5.83. The summed E-state index contributed by atoms with van der Waals surface area (Å²) in [7, 11) is 1.61. The highest BCUT2D eigenvalue weighted by Crippen LogP contribution is 2.82. The zero-order chi connectivity index (χ0) is 20.6. The van der Waals surface area contributed by atoms with Gasteiger partial charge in [-0.05, 0) is 39.2 Å². The van der Waals surface area contributed by atoms with Gasteiger partial charge in [-0.15, -0.1) is 0 Å². The molecule has 29 heavy (non-hydrogen) atoms. The predicted octanol–water partition coefficient (Wildman–Crippen LogP) is 3.05. The highest BCUT2D eigenvalue weighted by molar-refractivity contribution is 6.05. The monoisotopic (exact) mass is 400 g/mol. The number of hydrogen-bond acceptors (Lipinski definition) is 6. The van der Waals surface area contributed by atoms with Crippen LogP contribution in [0.5, 0.6) is 0 Å². The second kappa shape index (κ2) is 6.13. The van der Waals surface area contributed by atoms with Crippen LogP contribution in [0.25, 0.3) is 0 Å². The Balaban J connectivity index is 1.62. The van der Waals surface area contributed by atoms with Crippen molar-refractivity contribution in [3.05, 3.63) is 35.9 Å². The van der Waals surface area contributed by atoms with Gasteiger partial charge >= 0.3 is 5.97 Å². The van der Waals surface area contributed by atoms with Crippen LogP contribution >= 0.6 is 0 Å². The van der Waals surface area contributed by atoms with Crippen LogP contribution in [0.3, 0.4) is 0 Å². The third-order valence-corrected chi connectivity index (χ3v) is 7.56. The number of ketones is 1. The Labute approximate surface area is 170 Å². The van der Waals surface area contributed by atoms with E-state index < -0.39 is 28.8 Å². The van der Waals surface area contributed by atoms with Crippen LogP contribution in [0.2, 0.25) is 0 Å². The summed E-state index contributed by atoms with van der Waals surface area (Å²) in [5, 5.41) is 0. The molecule has 1 saturated heterocycles. The number of methoxy groups -OCH3 is 1. The van der Waals surface area contributed by atoms with E-state index in [2.05, 4.69) is 0 Å². The average Bonchev–Trinajstić information content (AvgIpc) is 3.13. The molecule has 0 amide bonds. The summed E-state index contributed by atoms with van der Waals surface area (Å²) in [5.74, 6) is -2.00. The Morgan fingerprint density at radius 3 is 2.55 bits per heavy atom. The van der Waals surface area contributed by atoms with E-state index in [4.69, 9.17) is 18.9 Å². The summed E-state index contributed by atoms with van der Waals surface area (Å²) in [6, 6.07) is 9.89. The molecule has 7 atom stereocenters. The van der Waals surface area contributed by atoms with Gasteiger partial charge in [-0.1, -0.05) is 30.3 Å². The van der Waals surface area contributed by atoms with Crippen molar-refractivity contribution in [2.75, 3.05) is 13.7 Å². The maximum Gasteiger partial charge on any atom is 0.316 e. The first kappa shape index (κ1) is 19.2. The van der Waals surface area contributed by atoms with E-state index in [1.165, 1.54) is 0 Å². The van der Waals surface area contributed by atoms with Crippen molar-refractivity contribution >= 4 is 11.8 Å². The van der Waals surface area contributed by atoms with Crippen LogP contribution in [-0.4, -0.2) is 43.0 Å². The second-order valence-electron chi connectivity index (χ2n) is 9.12. The van der Waals surface area contributed by atoms with Crippen LogP contribution in [0.1, 0.15) is 45.3 Å². The molecule has 4 bridgehead atoms. The number of ether oxygens (including phenoxy) is 4. The third kappa shape index (κ3) is 2.23. The van der Waals surface area contributed by atoms with Gasteiger partial charge in [0.05, 0.1) is 24.2 Å². The summed E-state index contributed by atoms with van der Waals surface area (Å²) in [4.78, 5) is 26.6. The molecular weight excluding hydrogens is 372 g/mol. The Kier molecular flexibility index (Phi) is 4.06. The number of fused-ring (bicyclic) bond motifs is 1. The van der Waals surface area contributed by atoms with Gasteiger partial charge < -0.3 is 18.9 Å². The number of hydrogen-bond donors (Lipinski definition) is 0. The zero-order valence-corrected chi connectivity index (χ0v) is 17.3. The highest BCUT2D eigenvalue weighted by atomic mass is 16.8. The molecule has 0 radical (unpaired) electrons. The fourth-order valence-electron chi connectivity index (χ4n) is 6.72. The molecule has 1 aromatic carbocycles. The largest absolute Gasteiger partial charge is 0.465 e. The van der Waals surface area contributed by atoms with E-state index in [0.29, 0.717) is 12.8 Å². The van der Waals surface area contributed by atoms with Crippen molar-refractivity contribution in [1.82, 2.24) is 0 Å². The molecule has 0 aromatic heterocycles. The Morgan fingerprint density at radius 1 is 1.21 bits per heavy atom. The van der Waals surface area contributed by atoms with Crippen molar-refractivity contribution in [1.29, 1.82) is 0 Å². The van der Waals surface area contributed by atoms with E-state index in [-0.39, 0.29) is 36.3 Å². The molecule has 5 aliphatic rings. The Hall–Kier alpha value is -1.76. The SMILES string of the molecule is CCOC(=O)[C@]12[C@H]([C@@H]3OC(C)(C)O[C@H]3c3ccccc3)[C@@H]3CC[C@@]1(OC)[C@H]2C3=O. The normalized spacial score (nSPS) is 44.0. The molecule has 4 saturated carbocycles. The minimum atomic E-state index is -0.973. The van der Waals surface area contributed by atoms with Gasteiger partial charge in [0, 0.05) is 18.9 Å². The molecule has 4 aliphatic carbocycles. The van der Waals surface area contributed by atoms with Crippen molar-refractivity contribution < 1.29 is 28.5 Å². The predicted molar refractivity (Wildman–Crippen MR) is 103 cm³/mol. The van der Waals surface area contributed by atoms with E-state index in [9.17, 15) is 9.59 Å². The zero-order valence-electron chi connectivity index (χ0n) is 17.3. The second-order valence-corrected chi connectivity index (χ2v) is 9.12. The molecule has 6 heteroatoms. The van der Waals surface area contributed by atoms with Crippen molar-refractivity contribution in [3.63, 3.8) is 0 Å². The molecule has 0 spiro atoms. The van der Waals surface area contributed by atoms with E-state index in [1.54, 1.807) is 14.0 Å². The minimum Gasteiger partial charge on any atom is -0.465 e. The van der Waals surface area contributed by atoms with Crippen molar-refractivity contribution in [3.8, 4) is 0 Å². The van der Waals surface area contributed by atoms with Gasteiger partial charge in [0.2, 0.25) is 0 Å². The first-order valence-corrected chi connectivity index (χ1v) is 10.5. The molecule has 0 unspecified atom stereocenters. The Bertz CT molecular complexity index is 850. The first-order chi connectivity index (χ1) is 13.8.